The van der Waals surface area contributed by atoms with Crippen molar-refractivity contribution in [2.75, 3.05) is 0 Å². The molecule has 0 atom stereocenters. The molecule has 0 bridgehead atoms. The van der Waals surface area contributed by atoms with Crippen LogP contribution in [0.1, 0.15) is 5.56 Å². The maximum absolute atomic E-state index is 13.2. The van der Waals surface area contributed by atoms with Crippen molar-refractivity contribution in [2.45, 2.75) is 11.4 Å². The fourth-order valence-electron chi connectivity index (χ4n) is 2.02. The molecule has 2 aromatic heterocycles. The predicted molar refractivity (Wildman–Crippen MR) is 82.3 cm³/mol. The first kappa shape index (κ1) is 16.3. The van der Waals surface area contributed by atoms with Crippen molar-refractivity contribution in [3.63, 3.8) is 0 Å². The number of hydrogen-bond acceptors (Lipinski definition) is 4. The second kappa shape index (κ2) is 6.50. The Balaban J connectivity index is 1.71. The molecular formula is C16H12F2N2O3S. The molecule has 0 aliphatic carbocycles. The lowest BCUT2D eigenvalue weighted by molar-refractivity contribution is 0.504. The van der Waals surface area contributed by atoms with E-state index in [4.69, 9.17) is 4.42 Å². The fraction of sp³-hybridized carbons (Fsp3) is 0.0625. The summed E-state index contributed by atoms with van der Waals surface area (Å²) < 4.78 is 57.5. The second-order valence-corrected chi connectivity index (χ2v) is 6.73. The van der Waals surface area contributed by atoms with Gasteiger partial charge < -0.3 is 4.42 Å². The van der Waals surface area contributed by atoms with E-state index in [1.807, 2.05) is 0 Å². The summed E-state index contributed by atoms with van der Waals surface area (Å²) in [5.41, 5.74) is 2.12. The van der Waals surface area contributed by atoms with Crippen LogP contribution in [0.2, 0.25) is 0 Å². The first-order valence-electron chi connectivity index (χ1n) is 6.88. The van der Waals surface area contributed by atoms with Crippen molar-refractivity contribution in [1.29, 1.82) is 0 Å². The SMILES string of the molecule is O=S(=O)(NCc1ccc(-c2ccoc2)nc1)c1ccc(F)c(F)c1. The standard InChI is InChI=1S/C16H12F2N2O3S/c17-14-3-2-13(7-15(14)18)24(21,22)20-9-11-1-4-16(19-8-11)12-5-6-23-10-12/h1-8,10,20H,9H2. The lowest BCUT2D eigenvalue weighted by Gasteiger charge is -2.07. The zero-order chi connectivity index (χ0) is 17.2. The normalized spacial score (nSPS) is 11.6. The van der Waals surface area contributed by atoms with E-state index in [0.29, 0.717) is 17.3 Å². The summed E-state index contributed by atoms with van der Waals surface area (Å²) in [5, 5.41) is 0. The Morgan fingerprint density at radius 1 is 1.08 bits per heavy atom. The van der Waals surface area contributed by atoms with Crippen LogP contribution in [0.25, 0.3) is 11.3 Å². The number of hydrogen-bond donors (Lipinski definition) is 1. The number of aromatic nitrogens is 1. The van der Waals surface area contributed by atoms with E-state index in [9.17, 15) is 17.2 Å². The Bertz CT molecular complexity index is 940. The predicted octanol–water partition coefficient (Wildman–Crippen LogP) is 3.10. The minimum absolute atomic E-state index is 0.0278. The van der Waals surface area contributed by atoms with Gasteiger partial charge in [0, 0.05) is 18.3 Å². The van der Waals surface area contributed by atoms with Gasteiger partial charge in [-0.25, -0.2) is 21.9 Å². The molecule has 0 radical (unpaired) electrons. The van der Waals surface area contributed by atoms with Gasteiger partial charge in [0.2, 0.25) is 10.0 Å². The minimum atomic E-state index is -3.95. The highest BCUT2D eigenvalue weighted by Gasteiger charge is 2.16. The van der Waals surface area contributed by atoms with Crippen molar-refractivity contribution >= 4 is 10.0 Å². The molecule has 8 heteroatoms. The molecule has 1 aromatic carbocycles. The highest BCUT2D eigenvalue weighted by molar-refractivity contribution is 7.89. The average Bonchev–Trinajstić information content (AvgIpc) is 3.10. The molecule has 24 heavy (non-hydrogen) atoms. The minimum Gasteiger partial charge on any atom is -0.472 e. The van der Waals surface area contributed by atoms with Gasteiger partial charge in [-0.3, -0.25) is 4.98 Å². The Labute approximate surface area is 137 Å². The van der Waals surface area contributed by atoms with E-state index in [-0.39, 0.29) is 11.4 Å². The number of nitrogens with zero attached hydrogens (tertiary/aromatic N) is 1. The summed E-state index contributed by atoms with van der Waals surface area (Å²) in [4.78, 5) is 3.87. The summed E-state index contributed by atoms with van der Waals surface area (Å²) >= 11 is 0. The molecule has 0 aliphatic heterocycles. The Hall–Kier alpha value is -2.58. The molecule has 0 aliphatic rings. The smallest absolute Gasteiger partial charge is 0.240 e. The van der Waals surface area contributed by atoms with Gasteiger partial charge in [0.05, 0.1) is 23.1 Å². The van der Waals surface area contributed by atoms with Crippen LogP contribution in [-0.2, 0) is 16.6 Å². The summed E-state index contributed by atoms with van der Waals surface area (Å²) in [5.74, 6) is -2.32. The number of pyridine rings is 1. The lowest BCUT2D eigenvalue weighted by Crippen LogP contribution is -2.23. The summed E-state index contributed by atoms with van der Waals surface area (Å²) in [6, 6.07) is 7.60. The van der Waals surface area contributed by atoms with Gasteiger partial charge in [-0.05, 0) is 35.9 Å². The van der Waals surface area contributed by atoms with Gasteiger partial charge in [0.15, 0.2) is 11.6 Å². The van der Waals surface area contributed by atoms with Crippen LogP contribution in [0.5, 0.6) is 0 Å². The molecule has 5 nitrogen and oxygen atoms in total. The lowest BCUT2D eigenvalue weighted by atomic mass is 10.2. The number of rotatable bonds is 5. The Morgan fingerprint density at radius 3 is 2.54 bits per heavy atom. The zero-order valence-electron chi connectivity index (χ0n) is 12.2. The fourth-order valence-corrected chi connectivity index (χ4v) is 3.04. The van der Waals surface area contributed by atoms with Crippen LogP contribution in [0, 0.1) is 11.6 Å². The largest absolute Gasteiger partial charge is 0.472 e. The van der Waals surface area contributed by atoms with Crippen LogP contribution in [0.15, 0.2) is 64.4 Å². The Morgan fingerprint density at radius 2 is 1.92 bits per heavy atom. The third-order valence-electron chi connectivity index (χ3n) is 3.31. The van der Waals surface area contributed by atoms with E-state index in [1.165, 1.54) is 12.5 Å². The van der Waals surface area contributed by atoms with E-state index in [2.05, 4.69) is 9.71 Å². The number of sulfonamides is 1. The number of furan rings is 1. The van der Waals surface area contributed by atoms with Crippen molar-refractivity contribution < 1.29 is 21.6 Å². The Kier molecular flexibility index (Phi) is 4.41. The summed E-state index contributed by atoms with van der Waals surface area (Å²) in [6.45, 7) is -0.0278. The molecule has 3 rings (SSSR count). The highest BCUT2D eigenvalue weighted by atomic mass is 32.2. The van der Waals surface area contributed by atoms with Gasteiger partial charge in [-0.15, -0.1) is 0 Å². The first-order valence-corrected chi connectivity index (χ1v) is 8.36. The van der Waals surface area contributed by atoms with Crippen molar-refractivity contribution in [3.05, 3.63) is 72.3 Å². The zero-order valence-corrected chi connectivity index (χ0v) is 13.1. The van der Waals surface area contributed by atoms with Crippen LogP contribution in [0.4, 0.5) is 8.78 Å². The van der Waals surface area contributed by atoms with Crippen LogP contribution < -0.4 is 4.72 Å². The highest BCUT2D eigenvalue weighted by Crippen LogP contribution is 2.18. The van der Waals surface area contributed by atoms with E-state index in [1.54, 1.807) is 24.5 Å². The molecule has 3 aromatic rings. The third-order valence-corrected chi connectivity index (χ3v) is 4.71. The van der Waals surface area contributed by atoms with E-state index >= 15 is 0 Å². The number of benzene rings is 1. The van der Waals surface area contributed by atoms with Gasteiger partial charge in [-0.2, -0.15) is 0 Å². The van der Waals surface area contributed by atoms with Gasteiger partial charge in [-0.1, -0.05) is 6.07 Å². The quantitative estimate of drug-likeness (QED) is 0.767. The summed E-state index contributed by atoms with van der Waals surface area (Å²) in [6.07, 6.45) is 4.60. The van der Waals surface area contributed by atoms with Gasteiger partial charge >= 0.3 is 0 Å². The van der Waals surface area contributed by atoms with Gasteiger partial charge in [0.25, 0.3) is 0 Å². The van der Waals surface area contributed by atoms with Crippen molar-refractivity contribution in [3.8, 4) is 11.3 Å². The van der Waals surface area contributed by atoms with Crippen LogP contribution in [0.3, 0.4) is 0 Å². The van der Waals surface area contributed by atoms with Gasteiger partial charge in [0.1, 0.15) is 0 Å². The molecule has 0 saturated heterocycles. The molecule has 124 valence electrons. The maximum Gasteiger partial charge on any atom is 0.240 e. The molecule has 1 N–H and O–H groups in total. The molecule has 2 heterocycles. The molecule has 0 fully saturated rings. The molecule has 0 amide bonds. The van der Waals surface area contributed by atoms with Crippen molar-refractivity contribution in [2.24, 2.45) is 0 Å². The third kappa shape index (κ3) is 3.50. The van der Waals surface area contributed by atoms with E-state index < -0.39 is 21.7 Å². The number of halogens is 2. The molecule has 0 spiro atoms. The molecular weight excluding hydrogens is 338 g/mol. The topological polar surface area (TPSA) is 72.2 Å². The molecule has 0 saturated carbocycles. The maximum atomic E-state index is 13.2. The first-order chi connectivity index (χ1) is 11.5. The molecule has 0 unspecified atom stereocenters. The van der Waals surface area contributed by atoms with E-state index in [0.717, 1.165) is 17.7 Å². The average molecular weight is 350 g/mol. The van der Waals surface area contributed by atoms with Crippen molar-refractivity contribution in [1.82, 2.24) is 9.71 Å². The van der Waals surface area contributed by atoms with Crippen LogP contribution >= 0.6 is 0 Å². The summed E-state index contributed by atoms with van der Waals surface area (Å²) in [7, 11) is -3.95. The second-order valence-electron chi connectivity index (χ2n) is 4.96. The number of nitrogens with one attached hydrogen (secondary N) is 1. The monoisotopic (exact) mass is 350 g/mol. The van der Waals surface area contributed by atoms with Crippen LogP contribution in [-0.4, -0.2) is 13.4 Å².